The van der Waals surface area contributed by atoms with Gasteiger partial charge in [-0.05, 0) is 25.0 Å². The number of aromatic amines is 1. The molecule has 0 aliphatic heterocycles. The topological polar surface area (TPSA) is 78.4 Å². The van der Waals surface area contributed by atoms with Crippen molar-refractivity contribution in [3.63, 3.8) is 0 Å². The van der Waals surface area contributed by atoms with E-state index in [1.807, 2.05) is 31.2 Å². The van der Waals surface area contributed by atoms with Crippen LogP contribution in [0.25, 0.3) is 0 Å². The molecule has 2 aromatic rings. The number of imidazole rings is 1. The molecule has 6 heteroatoms. The van der Waals surface area contributed by atoms with Crippen molar-refractivity contribution in [1.29, 1.82) is 0 Å². The molecule has 1 amide bonds. The Labute approximate surface area is 136 Å². The summed E-state index contributed by atoms with van der Waals surface area (Å²) in [6.45, 7) is 2.53. The van der Waals surface area contributed by atoms with Gasteiger partial charge in [0.1, 0.15) is 11.6 Å². The van der Waals surface area contributed by atoms with Crippen molar-refractivity contribution in [3.05, 3.63) is 47.5 Å². The molecule has 0 aliphatic rings. The van der Waals surface area contributed by atoms with E-state index in [0.717, 1.165) is 22.8 Å². The summed E-state index contributed by atoms with van der Waals surface area (Å²) in [4.78, 5) is 21.3. The maximum atomic E-state index is 12.5. The minimum atomic E-state index is -0.0620. The van der Waals surface area contributed by atoms with Crippen LogP contribution < -0.4 is 4.74 Å². The third kappa shape index (κ3) is 4.82. The van der Waals surface area contributed by atoms with Gasteiger partial charge in [0, 0.05) is 13.0 Å². The number of methoxy groups -OCH3 is 1. The summed E-state index contributed by atoms with van der Waals surface area (Å²) >= 11 is 0. The van der Waals surface area contributed by atoms with Gasteiger partial charge in [-0.15, -0.1) is 0 Å². The molecule has 0 saturated carbocycles. The largest absolute Gasteiger partial charge is 0.496 e. The quantitative estimate of drug-likeness (QED) is 0.776. The molecule has 2 rings (SSSR count). The van der Waals surface area contributed by atoms with Crippen LogP contribution in [-0.2, 0) is 17.8 Å². The summed E-state index contributed by atoms with van der Waals surface area (Å²) < 4.78 is 5.31. The predicted octanol–water partition coefficient (Wildman–Crippen LogP) is 1.68. The average molecular weight is 317 g/mol. The molecule has 6 nitrogen and oxygen atoms in total. The lowest BCUT2D eigenvalue weighted by Crippen LogP contribution is -2.33. The lowest BCUT2D eigenvalue weighted by Gasteiger charge is -2.21. The van der Waals surface area contributed by atoms with Crippen LogP contribution in [0.5, 0.6) is 5.75 Å². The Hall–Kier alpha value is -2.34. The number of hydrogen-bond donors (Lipinski definition) is 2. The van der Waals surface area contributed by atoms with Gasteiger partial charge < -0.3 is 19.7 Å². The minimum absolute atomic E-state index is 0.00258. The van der Waals surface area contributed by atoms with Crippen molar-refractivity contribution in [3.8, 4) is 5.75 Å². The van der Waals surface area contributed by atoms with Gasteiger partial charge in [-0.2, -0.15) is 0 Å². The van der Waals surface area contributed by atoms with Gasteiger partial charge in [0.05, 0.1) is 32.2 Å². The number of hydrogen-bond acceptors (Lipinski definition) is 4. The second kappa shape index (κ2) is 8.33. The molecule has 1 heterocycles. The highest BCUT2D eigenvalue weighted by atomic mass is 16.5. The number of amides is 1. The number of H-pyrrole nitrogens is 1. The monoisotopic (exact) mass is 317 g/mol. The van der Waals surface area contributed by atoms with Gasteiger partial charge in [-0.25, -0.2) is 4.98 Å². The Morgan fingerprint density at radius 3 is 2.83 bits per heavy atom. The first-order valence-corrected chi connectivity index (χ1v) is 7.65. The Kier molecular flexibility index (Phi) is 6.17. The highest BCUT2D eigenvalue weighted by Gasteiger charge is 2.15. The molecule has 0 spiro atoms. The van der Waals surface area contributed by atoms with Crippen molar-refractivity contribution < 1.29 is 14.6 Å². The van der Waals surface area contributed by atoms with Crippen LogP contribution in [0.15, 0.2) is 30.5 Å². The molecule has 124 valence electrons. The fourth-order valence-electron chi connectivity index (χ4n) is 2.48. The normalized spacial score (nSPS) is 10.6. The first kappa shape index (κ1) is 17.0. The van der Waals surface area contributed by atoms with Gasteiger partial charge in [-0.3, -0.25) is 4.79 Å². The summed E-state index contributed by atoms with van der Waals surface area (Å²) in [5.74, 6) is 1.60. The zero-order valence-corrected chi connectivity index (χ0v) is 13.6. The van der Waals surface area contributed by atoms with Gasteiger partial charge in [0.2, 0.25) is 5.91 Å². The van der Waals surface area contributed by atoms with Crippen LogP contribution in [0.2, 0.25) is 0 Å². The van der Waals surface area contributed by atoms with E-state index in [-0.39, 0.29) is 12.5 Å². The van der Waals surface area contributed by atoms with Crippen molar-refractivity contribution >= 4 is 5.91 Å². The molecule has 1 aromatic heterocycles. The van der Waals surface area contributed by atoms with E-state index in [0.29, 0.717) is 25.9 Å². The fourth-order valence-corrected chi connectivity index (χ4v) is 2.48. The number of nitrogens with one attached hydrogen (secondary N) is 1. The third-order valence-electron chi connectivity index (χ3n) is 3.64. The molecule has 0 radical (unpaired) electrons. The second-order valence-corrected chi connectivity index (χ2v) is 5.34. The molecular formula is C17H23N3O3. The van der Waals surface area contributed by atoms with Crippen LogP contribution in [-0.4, -0.2) is 46.1 Å². The van der Waals surface area contributed by atoms with Crippen LogP contribution in [0, 0.1) is 6.92 Å². The summed E-state index contributed by atoms with van der Waals surface area (Å²) in [6, 6.07) is 7.68. The predicted molar refractivity (Wildman–Crippen MR) is 87.1 cm³/mol. The van der Waals surface area contributed by atoms with E-state index in [2.05, 4.69) is 9.97 Å². The zero-order chi connectivity index (χ0) is 16.7. The summed E-state index contributed by atoms with van der Waals surface area (Å²) in [6.07, 6.45) is 2.69. The molecule has 23 heavy (non-hydrogen) atoms. The highest BCUT2D eigenvalue weighted by molar-refractivity contribution is 5.76. The number of aliphatic hydroxyl groups excluding tert-OH is 1. The van der Waals surface area contributed by atoms with Gasteiger partial charge >= 0.3 is 0 Å². The fraction of sp³-hybridized carbons (Fsp3) is 0.412. The zero-order valence-electron chi connectivity index (χ0n) is 13.6. The van der Waals surface area contributed by atoms with E-state index < -0.39 is 0 Å². The summed E-state index contributed by atoms with van der Waals surface area (Å²) in [5, 5.41) is 9.20. The lowest BCUT2D eigenvalue weighted by molar-refractivity contribution is -0.132. The van der Waals surface area contributed by atoms with Gasteiger partial charge in [-0.1, -0.05) is 18.2 Å². The minimum Gasteiger partial charge on any atom is -0.496 e. The molecule has 1 aromatic carbocycles. The van der Waals surface area contributed by atoms with Crippen molar-refractivity contribution in [1.82, 2.24) is 14.9 Å². The lowest BCUT2D eigenvalue weighted by atomic mass is 10.1. The van der Waals surface area contributed by atoms with Crippen LogP contribution >= 0.6 is 0 Å². The van der Waals surface area contributed by atoms with Crippen molar-refractivity contribution in [2.45, 2.75) is 26.3 Å². The van der Waals surface area contributed by atoms with E-state index in [4.69, 9.17) is 4.74 Å². The van der Waals surface area contributed by atoms with E-state index in [1.165, 1.54) is 0 Å². The highest BCUT2D eigenvalue weighted by Crippen LogP contribution is 2.19. The van der Waals surface area contributed by atoms with E-state index >= 15 is 0 Å². The molecule has 2 N–H and O–H groups in total. The SMILES string of the molecule is COc1ccccc1CCC(=O)N(CCO)Cc1cnc(C)[nH]1. The smallest absolute Gasteiger partial charge is 0.223 e. The molecule has 0 atom stereocenters. The number of carbonyl (C=O) groups excluding carboxylic acids is 1. The van der Waals surface area contributed by atoms with E-state index in [9.17, 15) is 9.90 Å². The first-order valence-electron chi connectivity index (χ1n) is 7.65. The van der Waals surface area contributed by atoms with Crippen molar-refractivity contribution in [2.24, 2.45) is 0 Å². The van der Waals surface area contributed by atoms with Crippen LogP contribution in [0.4, 0.5) is 0 Å². The number of aromatic nitrogens is 2. The molecule has 0 unspecified atom stereocenters. The van der Waals surface area contributed by atoms with E-state index in [1.54, 1.807) is 18.2 Å². The first-order chi connectivity index (χ1) is 11.1. The maximum Gasteiger partial charge on any atom is 0.223 e. The Morgan fingerprint density at radius 1 is 1.39 bits per heavy atom. The average Bonchev–Trinajstić information content (AvgIpc) is 2.97. The number of carbonyl (C=O) groups is 1. The standard InChI is InChI=1S/C17H23N3O3/c1-13-18-11-15(19-13)12-20(9-10-21)17(22)8-7-14-5-3-4-6-16(14)23-2/h3-6,11,21H,7-10,12H2,1-2H3,(H,18,19). The van der Waals surface area contributed by atoms with Crippen LogP contribution in [0.3, 0.4) is 0 Å². The second-order valence-electron chi connectivity index (χ2n) is 5.34. The maximum absolute atomic E-state index is 12.5. The number of aliphatic hydroxyl groups is 1. The Bertz CT molecular complexity index is 640. The van der Waals surface area contributed by atoms with Crippen molar-refractivity contribution in [2.75, 3.05) is 20.3 Å². The Morgan fingerprint density at radius 2 is 2.17 bits per heavy atom. The summed E-state index contributed by atoms with van der Waals surface area (Å²) in [7, 11) is 1.62. The molecule has 0 saturated heterocycles. The molecule has 0 aliphatic carbocycles. The number of nitrogens with zero attached hydrogens (tertiary/aromatic N) is 2. The molecule has 0 fully saturated rings. The number of rotatable bonds is 8. The molecule has 0 bridgehead atoms. The number of benzene rings is 1. The van der Waals surface area contributed by atoms with Gasteiger partial charge in [0.25, 0.3) is 0 Å². The van der Waals surface area contributed by atoms with Crippen LogP contribution in [0.1, 0.15) is 23.5 Å². The van der Waals surface area contributed by atoms with Gasteiger partial charge in [0.15, 0.2) is 0 Å². The number of para-hydroxylation sites is 1. The number of ether oxygens (including phenoxy) is 1. The summed E-state index contributed by atoms with van der Waals surface area (Å²) in [5.41, 5.74) is 1.87. The third-order valence-corrected chi connectivity index (χ3v) is 3.64. The Balaban J connectivity index is 1.97. The molecular weight excluding hydrogens is 294 g/mol. The number of aryl methyl sites for hydroxylation is 2.